The Balaban J connectivity index is 1.84. The molecule has 1 aromatic heterocycles. The maximum absolute atomic E-state index is 13.0. The molecule has 0 radical (unpaired) electrons. The maximum atomic E-state index is 13.0. The van der Waals surface area contributed by atoms with Crippen LogP contribution in [0.25, 0.3) is 10.2 Å². The van der Waals surface area contributed by atoms with Crippen LogP contribution in [0, 0.1) is 5.82 Å². The lowest BCUT2D eigenvalue weighted by atomic mass is 10.2. The number of methoxy groups -OCH3 is 1. The van der Waals surface area contributed by atoms with E-state index in [0.29, 0.717) is 15.8 Å². The van der Waals surface area contributed by atoms with Crippen LogP contribution in [0.5, 0.6) is 0 Å². The summed E-state index contributed by atoms with van der Waals surface area (Å²) < 4.78 is 49.7. The molecule has 0 bridgehead atoms. The minimum absolute atomic E-state index is 0.0112. The Labute approximate surface area is 204 Å². The van der Waals surface area contributed by atoms with Gasteiger partial charge in [-0.05, 0) is 55.8 Å². The smallest absolute Gasteiger partial charge is 0.337 e. The first-order chi connectivity index (χ1) is 16.6. The van der Waals surface area contributed by atoms with Crippen molar-refractivity contribution < 1.29 is 36.7 Å². The van der Waals surface area contributed by atoms with E-state index in [1.54, 1.807) is 19.1 Å². The summed E-state index contributed by atoms with van der Waals surface area (Å²) in [4.78, 5) is 40.8. The first-order valence-corrected chi connectivity index (χ1v) is 13.0. The molecule has 9 nitrogen and oxygen atoms in total. The van der Waals surface area contributed by atoms with Crippen molar-refractivity contribution in [1.29, 1.82) is 0 Å². The van der Waals surface area contributed by atoms with Gasteiger partial charge in [-0.15, -0.1) is 0 Å². The molecule has 0 N–H and O–H groups in total. The molecule has 1 amide bonds. The van der Waals surface area contributed by atoms with E-state index >= 15 is 0 Å². The third-order valence-corrected chi connectivity index (χ3v) is 7.75. The van der Waals surface area contributed by atoms with Gasteiger partial charge in [0, 0.05) is 6.42 Å². The Morgan fingerprint density at radius 3 is 2.49 bits per heavy atom. The molecule has 3 aromatic rings. The first kappa shape index (κ1) is 26.2. The van der Waals surface area contributed by atoms with Gasteiger partial charge in [-0.2, -0.15) is 4.99 Å². The summed E-state index contributed by atoms with van der Waals surface area (Å²) in [5.74, 6) is -2.48. The minimum atomic E-state index is -3.68. The predicted octanol–water partition coefficient (Wildman–Crippen LogP) is 2.87. The molecular formula is C23H23FN2O7S2. The number of thiazole rings is 1. The van der Waals surface area contributed by atoms with E-state index in [1.807, 2.05) is 0 Å². The highest BCUT2D eigenvalue weighted by Gasteiger charge is 2.17. The molecule has 1 heterocycles. The summed E-state index contributed by atoms with van der Waals surface area (Å²) >= 11 is 1.10. The normalized spacial score (nSPS) is 12.0. The van der Waals surface area contributed by atoms with Crippen LogP contribution in [-0.2, 0) is 35.4 Å². The van der Waals surface area contributed by atoms with Crippen molar-refractivity contribution in [1.82, 2.24) is 4.57 Å². The topological polar surface area (TPSA) is 121 Å². The molecule has 35 heavy (non-hydrogen) atoms. The van der Waals surface area contributed by atoms with E-state index in [-0.39, 0.29) is 41.4 Å². The second-order valence-electron chi connectivity index (χ2n) is 7.33. The average molecular weight is 523 g/mol. The number of carbonyl (C=O) groups excluding carboxylic acids is 3. The number of hydrogen-bond acceptors (Lipinski definition) is 8. The lowest BCUT2D eigenvalue weighted by molar-refractivity contribution is -0.143. The van der Waals surface area contributed by atoms with Crippen molar-refractivity contribution in [3.8, 4) is 0 Å². The molecule has 12 heteroatoms. The number of sulfone groups is 1. The van der Waals surface area contributed by atoms with Crippen LogP contribution >= 0.6 is 11.3 Å². The Morgan fingerprint density at radius 1 is 1.11 bits per heavy atom. The van der Waals surface area contributed by atoms with Crippen LogP contribution < -0.4 is 4.80 Å². The van der Waals surface area contributed by atoms with Gasteiger partial charge in [0.05, 0.1) is 40.1 Å². The van der Waals surface area contributed by atoms with Crippen LogP contribution in [0.15, 0.2) is 52.4 Å². The lowest BCUT2D eigenvalue weighted by Crippen LogP contribution is -2.23. The Kier molecular flexibility index (Phi) is 8.52. The van der Waals surface area contributed by atoms with Crippen molar-refractivity contribution in [2.24, 2.45) is 4.99 Å². The summed E-state index contributed by atoms with van der Waals surface area (Å²) in [6, 6.07) is 9.20. The number of esters is 2. The molecule has 3 rings (SSSR count). The Bertz CT molecular complexity index is 1420. The van der Waals surface area contributed by atoms with Crippen LogP contribution in [0.2, 0.25) is 0 Å². The number of ether oxygens (including phenoxy) is 2. The highest BCUT2D eigenvalue weighted by Crippen LogP contribution is 2.20. The van der Waals surface area contributed by atoms with Gasteiger partial charge < -0.3 is 14.0 Å². The van der Waals surface area contributed by atoms with Crippen LogP contribution in [0.1, 0.15) is 30.1 Å². The van der Waals surface area contributed by atoms with Crippen molar-refractivity contribution in [2.75, 3.05) is 19.5 Å². The number of benzene rings is 2. The fourth-order valence-corrected chi connectivity index (χ4v) is 5.62. The summed E-state index contributed by atoms with van der Waals surface area (Å²) in [6.45, 7) is 1.66. The standard InChI is InChI=1S/C23H23FN2O7S2/c1-3-33-21(28)14-26-18-11-6-15(22(29)32-2)13-19(18)34-23(26)25-20(27)5-4-12-35(30,31)17-9-7-16(24)8-10-17/h6-11,13H,3-5,12,14H2,1-2H3. The zero-order valence-corrected chi connectivity index (χ0v) is 20.7. The van der Waals surface area contributed by atoms with E-state index < -0.39 is 33.5 Å². The van der Waals surface area contributed by atoms with Crippen LogP contribution in [-0.4, -0.2) is 50.3 Å². The van der Waals surface area contributed by atoms with Gasteiger partial charge in [-0.1, -0.05) is 11.3 Å². The molecule has 0 atom stereocenters. The fraction of sp³-hybridized carbons (Fsp3) is 0.304. The largest absolute Gasteiger partial charge is 0.465 e. The second kappa shape index (κ2) is 11.4. The number of amides is 1. The van der Waals surface area contributed by atoms with Gasteiger partial charge in [-0.3, -0.25) is 9.59 Å². The molecule has 0 aliphatic rings. The van der Waals surface area contributed by atoms with E-state index in [0.717, 1.165) is 23.5 Å². The Morgan fingerprint density at radius 2 is 1.83 bits per heavy atom. The highest BCUT2D eigenvalue weighted by atomic mass is 32.2. The van der Waals surface area contributed by atoms with Crippen molar-refractivity contribution in [3.05, 3.63) is 58.6 Å². The van der Waals surface area contributed by atoms with Crippen LogP contribution in [0.4, 0.5) is 4.39 Å². The number of fused-ring (bicyclic) bond motifs is 1. The number of carbonyl (C=O) groups is 3. The van der Waals surface area contributed by atoms with E-state index in [9.17, 15) is 27.2 Å². The minimum Gasteiger partial charge on any atom is -0.465 e. The van der Waals surface area contributed by atoms with Gasteiger partial charge in [-0.25, -0.2) is 17.6 Å². The molecular weight excluding hydrogens is 499 g/mol. The average Bonchev–Trinajstić information content (AvgIpc) is 3.14. The first-order valence-electron chi connectivity index (χ1n) is 10.6. The summed E-state index contributed by atoms with van der Waals surface area (Å²) in [7, 11) is -2.42. The SMILES string of the molecule is CCOC(=O)Cn1c(=NC(=O)CCCS(=O)(=O)c2ccc(F)cc2)sc2cc(C(=O)OC)ccc21. The second-order valence-corrected chi connectivity index (χ2v) is 10.5. The molecule has 186 valence electrons. The fourth-order valence-electron chi connectivity index (χ4n) is 3.23. The van der Waals surface area contributed by atoms with Crippen molar-refractivity contribution in [3.63, 3.8) is 0 Å². The molecule has 0 unspecified atom stereocenters. The van der Waals surface area contributed by atoms with Gasteiger partial charge in [0.15, 0.2) is 14.6 Å². The molecule has 0 saturated heterocycles. The molecule has 0 aliphatic carbocycles. The van der Waals surface area contributed by atoms with Crippen LogP contribution in [0.3, 0.4) is 0 Å². The third-order valence-electron chi connectivity index (χ3n) is 4.89. The zero-order chi connectivity index (χ0) is 25.6. The van der Waals surface area contributed by atoms with E-state index in [4.69, 9.17) is 9.47 Å². The number of aromatic nitrogens is 1. The molecule has 0 saturated carbocycles. The van der Waals surface area contributed by atoms with Crippen molar-refractivity contribution >= 4 is 49.2 Å². The van der Waals surface area contributed by atoms with Crippen molar-refractivity contribution in [2.45, 2.75) is 31.2 Å². The van der Waals surface area contributed by atoms with Gasteiger partial charge in [0.25, 0.3) is 0 Å². The molecule has 0 spiro atoms. The quantitative estimate of drug-likeness (QED) is 0.313. The van der Waals surface area contributed by atoms with Gasteiger partial charge in [0.1, 0.15) is 12.4 Å². The number of halogens is 1. The lowest BCUT2D eigenvalue weighted by Gasteiger charge is -2.06. The number of hydrogen-bond donors (Lipinski definition) is 0. The molecule has 2 aromatic carbocycles. The summed E-state index contributed by atoms with van der Waals surface area (Å²) in [5.41, 5.74) is 0.870. The number of rotatable bonds is 9. The third kappa shape index (κ3) is 6.61. The zero-order valence-electron chi connectivity index (χ0n) is 19.0. The maximum Gasteiger partial charge on any atom is 0.337 e. The molecule has 0 aliphatic heterocycles. The van der Waals surface area contributed by atoms with E-state index in [1.165, 1.54) is 29.9 Å². The summed E-state index contributed by atoms with van der Waals surface area (Å²) in [5, 5.41) is 0. The summed E-state index contributed by atoms with van der Waals surface area (Å²) in [6.07, 6.45) is -0.140. The van der Waals surface area contributed by atoms with Gasteiger partial charge in [0.2, 0.25) is 5.91 Å². The molecule has 0 fully saturated rings. The van der Waals surface area contributed by atoms with Gasteiger partial charge >= 0.3 is 11.9 Å². The highest BCUT2D eigenvalue weighted by molar-refractivity contribution is 7.91. The monoisotopic (exact) mass is 522 g/mol. The predicted molar refractivity (Wildman–Crippen MR) is 126 cm³/mol. The Hall–Kier alpha value is -3.38. The number of nitrogens with zero attached hydrogens (tertiary/aromatic N) is 2. The van der Waals surface area contributed by atoms with E-state index in [2.05, 4.69) is 4.99 Å².